The van der Waals surface area contributed by atoms with Crippen LogP contribution in [0, 0.1) is 5.92 Å². The minimum absolute atomic E-state index is 0.138. The van der Waals surface area contributed by atoms with Crippen LogP contribution >= 0.6 is 0 Å². The number of carbonyl (C=O) groups excluding carboxylic acids is 1. The number of benzene rings is 2. The van der Waals surface area contributed by atoms with Crippen molar-refractivity contribution < 1.29 is 15.0 Å². The van der Waals surface area contributed by atoms with Gasteiger partial charge < -0.3 is 15.5 Å². The van der Waals surface area contributed by atoms with Crippen LogP contribution in [0.1, 0.15) is 54.6 Å². The van der Waals surface area contributed by atoms with E-state index >= 15 is 0 Å². The summed E-state index contributed by atoms with van der Waals surface area (Å²) in [5, 5.41) is 22.4. The fourth-order valence-corrected chi connectivity index (χ4v) is 5.05. The molecule has 1 amide bonds. The third kappa shape index (κ3) is 4.85. The normalized spacial score (nSPS) is 15.5. The van der Waals surface area contributed by atoms with Gasteiger partial charge in [-0.25, -0.2) is 9.97 Å². The number of phenolic OH excluding ortho intramolecular Hbond substituents is 2. The number of rotatable bonds is 5. The second-order valence-electron chi connectivity index (χ2n) is 9.26. The Balaban J connectivity index is 1.46. The highest BCUT2D eigenvalue weighted by Crippen LogP contribution is 2.36. The molecule has 170 valence electrons. The summed E-state index contributed by atoms with van der Waals surface area (Å²) in [5.41, 5.74) is 5.55. The Morgan fingerprint density at radius 3 is 2.48 bits per heavy atom. The standard InChI is InChI=1S/C27H29N3O3/c31-20-9-6-18(7-10-20)15-25(33)30-27-24(14-17-4-2-1-3-5-17)28-26-22-12-11-21(32)16-19(22)8-13-23(26)29-27/h6-7,9-12,16-17,31-32H,1-5,8,13-15H2,(H,29,30,33). The molecule has 0 unspecified atom stereocenters. The van der Waals surface area contributed by atoms with Gasteiger partial charge in [-0.1, -0.05) is 44.2 Å². The first-order valence-corrected chi connectivity index (χ1v) is 11.8. The minimum Gasteiger partial charge on any atom is -0.508 e. The van der Waals surface area contributed by atoms with Crippen molar-refractivity contribution >= 4 is 11.7 Å². The summed E-state index contributed by atoms with van der Waals surface area (Å²) in [5.74, 6) is 1.45. The maximum absolute atomic E-state index is 12.8. The lowest BCUT2D eigenvalue weighted by molar-refractivity contribution is -0.115. The zero-order valence-electron chi connectivity index (χ0n) is 18.7. The van der Waals surface area contributed by atoms with Crippen molar-refractivity contribution in [1.82, 2.24) is 9.97 Å². The molecule has 1 heterocycles. The number of hydrogen-bond acceptors (Lipinski definition) is 5. The third-order valence-corrected chi connectivity index (χ3v) is 6.78. The Kier molecular flexibility index (Phi) is 5.99. The van der Waals surface area contributed by atoms with E-state index in [4.69, 9.17) is 9.97 Å². The predicted octanol–water partition coefficient (Wildman–Crippen LogP) is 4.96. The van der Waals surface area contributed by atoms with Crippen LogP contribution in [-0.4, -0.2) is 26.1 Å². The van der Waals surface area contributed by atoms with Crippen molar-refractivity contribution in [2.45, 2.75) is 57.8 Å². The summed E-state index contributed by atoms with van der Waals surface area (Å²) in [6.07, 6.45) is 8.68. The molecule has 1 fully saturated rings. The molecule has 0 radical (unpaired) electrons. The Morgan fingerprint density at radius 2 is 1.70 bits per heavy atom. The molecule has 0 spiro atoms. The fourth-order valence-electron chi connectivity index (χ4n) is 5.05. The lowest BCUT2D eigenvalue weighted by atomic mass is 9.85. The number of nitrogens with zero attached hydrogens (tertiary/aromatic N) is 2. The topological polar surface area (TPSA) is 95.3 Å². The van der Waals surface area contributed by atoms with E-state index in [9.17, 15) is 15.0 Å². The number of aromatic nitrogens is 2. The van der Waals surface area contributed by atoms with E-state index in [2.05, 4.69) is 5.32 Å². The Bertz CT molecular complexity index is 1170. The average molecular weight is 444 g/mol. The van der Waals surface area contributed by atoms with E-state index in [-0.39, 0.29) is 23.8 Å². The molecule has 0 aliphatic heterocycles. The summed E-state index contributed by atoms with van der Waals surface area (Å²) in [6, 6.07) is 12.1. The molecule has 3 N–H and O–H groups in total. The van der Waals surface area contributed by atoms with E-state index in [0.29, 0.717) is 11.7 Å². The van der Waals surface area contributed by atoms with Gasteiger partial charge in [-0.15, -0.1) is 0 Å². The van der Waals surface area contributed by atoms with E-state index < -0.39 is 0 Å². The van der Waals surface area contributed by atoms with Crippen molar-refractivity contribution in [2.75, 3.05) is 5.32 Å². The maximum atomic E-state index is 12.8. The number of aryl methyl sites for hydroxylation is 2. The largest absolute Gasteiger partial charge is 0.508 e. The van der Waals surface area contributed by atoms with Crippen LogP contribution in [0.25, 0.3) is 11.3 Å². The van der Waals surface area contributed by atoms with E-state index in [1.807, 2.05) is 12.1 Å². The molecule has 5 rings (SSSR count). The highest BCUT2D eigenvalue weighted by molar-refractivity contribution is 5.92. The SMILES string of the molecule is O=C(Cc1ccc(O)cc1)Nc1nc2c(nc1CC1CCCCC1)-c1ccc(O)cc1CC2. The smallest absolute Gasteiger partial charge is 0.229 e. The minimum atomic E-state index is -0.138. The molecule has 6 heteroatoms. The van der Waals surface area contributed by atoms with Gasteiger partial charge in [0.05, 0.1) is 23.5 Å². The maximum Gasteiger partial charge on any atom is 0.229 e. The molecule has 2 aliphatic rings. The molecule has 0 atom stereocenters. The summed E-state index contributed by atoms with van der Waals surface area (Å²) in [6.45, 7) is 0. The van der Waals surface area contributed by atoms with Gasteiger partial charge in [-0.3, -0.25) is 4.79 Å². The Labute approximate surface area is 193 Å². The molecular weight excluding hydrogens is 414 g/mol. The van der Waals surface area contributed by atoms with Gasteiger partial charge in [0, 0.05) is 5.56 Å². The number of amides is 1. The van der Waals surface area contributed by atoms with Crippen LogP contribution < -0.4 is 5.32 Å². The number of aromatic hydroxyl groups is 2. The fraction of sp³-hybridized carbons (Fsp3) is 0.370. The Hall–Kier alpha value is -3.41. The average Bonchev–Trinajstić information content (AvgIpc) is 2.81. The monoisotopic (exact) mass is 443 g/mol. The molecule has 0 bridgehead atoms. The highest BCUT2D eigenvalue weighted by atomic mass is 16.3. The van der Waals surface area contributed by atoms with Crippen molar-refractivity contribution in [3.8, 4) is 22.8 Å². The number of fused-ring (bicyclic) bond motifs is 3. The molecule has 6 nitrogen and oxygen atoms in total. The Morgan fingerprint density at radius 1 is 0.939 bits per heavy atom. The number of phenols is 2. The van der Waals surface area contributed by atoms with Gasteiger partial charge in [0.15, 0.2) is 5.82 Å². The van der Waals surface area contributed by atoms with E-state index in [1.165, 1.54) is 32.1 Å². The molecule has 33 heavy (non-hydrogen) atoms. The van der Waals surface area contributed by atoms with Crippen LogP contribution in [-0.2, 0) is 30.5 Å². The summed E-state index contributed by atoms with van der Waals surface area (Å²) >= 11 is 0. The summed E-state index contributed by atoms with van der Waals surface area (Å²) < 4.78 is 0. The predicted molar refractivity (Wildman–Crippen MR) is 127 cm³/mol. The quantitative estimate of drug-likeness (QED) is 0.518. The van der Waals surface area contributed by atoms with Crippen molar-refractivity contribution in [3.05, 3.63) is 65.0 Å². The van der Waals surface area contributed by atoms with E-state index in [1.54, 1.807) is 30.3 Å². The zero-order chi connectivity index (χ0) is 22.8. The van der Waals surface area contributed by atoms with Gasteiger partial charge in [0.2, 0.25) is 5.91 Å². The van der Waals surface area contributed by atoms with Gasteiger partial charge in [-0.2, -0.15) is 0 Å². The first kappa shape index (κ1) is 21.4. The molecular formula is C27H29N3O3. The van der Waals surface area contributed by atoms with Crippen molar-refractivity contribution in [3.63, 3.8) is 0 Å². The summed E-state index contributed by atoms with van der Waals surface area (Å²) in [4.78, 5) is 22.8. The second kappa shape index (κ2) is 9.22. The number of nitrogens with one attached hydrogen (secondary N) is 1. The van der Waals surface area contributed by atoms with Gasteiger partial charge in [-0.05, 0) is 66.6 Å². The van der Waals surface area contributed by atoms with E-state index in [0.717, 1.165) is 53.0 Å². The molecule has 0 saturated heterocycles. The lowest BCUT2D eigenvalue weighted by Gasteiger charge is -2.24. The van der Waals surface area contributed by atoms with Crippen LogP contribution in [0.4, 0.5) is 5.82 Å². The summed E-state index contributed by atoms with van der Waals surface area (Å²) in [7, 11) is 0. The molecule has 3 aromatic rings. The van der Waals surface area contributed by atoms with Crippen molar-refractivity contribution in [1.29, 1.82) is 0 Å². The van der Waals surface area contributed by atoms with Gasteiger partial charge >= 0.3 is 0 Å². The number of carbonyl (C=O) groups is 1. The van der Waals surface area contributed by atoms with Crippen LogP contribution in [0.3, 0.4) is 0 Å². The number of anilines is 1. The van der Waals surface area contributed by atoms with Crippen LogP contribution in [0.15, 0.2) is 42.5 Å². The van der Waals surface area contributed by atoms with Crippen LogP contribution in [0.2, 0.25) is 0 Å². The molecule has 1 aromatic heterocycles. The highest BCUT2D eigenvalue weighted by Gasteiger charge is 2.25. The molecule has 2 aromatic carbocycles. The third-order valence-electron chi connectivity index (χ3n) is 6.78. The number of hydrogen-bond donors (Lipinski definition) is 3. The first-order valence-electron chi connectivity index (χ1n) is 11.8. The van der Waals surface area contributed by atoms with Crippen LogP contribution in [0.5, 0.6) is 11.5 Å². The lowest BCUT2D eigenvalue weighted by Crippen LogP contribution is -2.21. The molecule has 2 aliphatic carbocycles. The first-order chi connectivity index (χ1) is 16.0. The van der Waals surface area contributed by atoms with Gasteiger partial charge in [0.1, 0.15) is 11.5 Å². The zero-order valence-corrected chi connectivity index (χ0v) is 18.7. The molecule has 1 saturated carbocycles. The van der Waals surface area contributed by atoms with Crippen molar-refractivity contribution in [2.24, 2.45) is 5.92 Å². The van der Waals surface area contributed by atoms with Gasteiger partial charge in [0.25, 0.3) is 0 Å². The second-order valence-corrected chi connectivity index (χ2v) is 9.26.